The van der Waals surface area contributed by atoms with Crippen molar-refractivity contribution in [2.45, 2.75) is 53.1 Å². The Kier molecular flexibility index (Phi) is 6.87. The van der Waals surface area contributed by atoms with Gasteiger partial charge in [-0.3, -0.25) is 19.6 Å². The lowest BCUT2D eigenvalue weighted by Crippen LogP contribution is -2.43. The van der Waals surface area contributed by atoms with Crippen LogP contribution in [0.5, 0.6) is 0 Å². The largest absolute Gasteiger partial charge is 0.352 e. The number of likely N-dealkylation sites (tertiary alicyclic amines) is 1. The molecule has 8 heteroatoms. The molecule has 0 spiro atoms. The van der Waals surface area contributed by atoms with Crippen molar-refractivity contribution in [3.05, 3.63) is 56.9 Å². The van der Waals surface area contributed by atoms with Crippen LogP contribution in [-0.2, 0) is 6.54 Å². The molecule has 3 rings (SSSR count). The average molecular weight is 414 g/mol. The fraction of sp³-hybridized carbons (Fsp3) is 0.545. The Hall–Kier alpha value is -2.74. The highest BCUT2D eigenvalue weighted by atomic mass is 16.6. The predicted molar refractivity (Wildman–Crippen MR) is 116 cm³/mol. The highest BCUT2D eigenvalue weighted by molar-refractivity contribution is 5.94. The van der Waals surface area contributed by atoms with Crippen LogP contribution in [0, 0.1) is 29.9 Å². The summed E-state index contributed by atoms with van der Waals surface area (Å²) in [4.78, 5) is 25.8. The normalized spacial score (nSPS) is 17.3. The van der Waals surface area contributed by atoms with Gasteiger partial charge in [0.15, 0.2) is 0 Å². The quantitative estimate of drug-likeness (QED) is 0.555. The van der Waals surface area contributed by atoms with Crippen LogP contribution >= 0.6 is 0 Å². The molecular formula is C22H31N5O3. The summed E-state index contributed by atoms with van der Waals surface area (Å²) in [5, 5.41) is 18.5. The summed E-state index contributed by atoms with van der Waals surface area (Å²) in [6, 6.07) is 7.88. The third-order valence-electron chi connectivity index (χ3n) is 5.91. The van der Waals surface area contributed by atoms with E-state index in [1.165, 1.54) is 6.42 Å². The molecule has 1 aromatic heterocycles. The number of nitro groups is 1. The highest BCUT2D eigenvalue weighted by Gasteiger charge is 2.23. The van der Waals surface area contributed by atoms with Gasteiger partial charge in [-0.1, -0.05) is 12.1 Å². The second kappa shape index (κ2) is 9.38. The molecule has 0 aliphatic carbocycles. The minimum Gasteiger partial charge on any atom is -0.352 e. The first-order valence-electron chi connectivity index (χ1n) is 10.6. The van der Waals surface area contributed by atoms with Gasteiger partial charge >= 0.3 is 5.69 Å². The van der Waals surface area contributed by atoms with E-state index in [4.69, 9.17) is 0 Å². The first-order chi connectivity index (χ1) is 14.3. The van der Waals surface area contributed by atoms with Crippen LogP contribution in [0.2, 0.25) is 0 Å². The van der Waals surface area contributed by atoms with Gasteiger partial charge in [-0.15, -0.1) is 0 Å². The molecule has 0 bridgehead atoms. The molecule has 1 fully saturated rings. The molecule has 1 atom stereocenters. The van der Waals surface area contributed by atoms with Crippen LogP contribution in [0.15, 0.2) is 24.3 Å². The number of aromatic nitrogens is 2. The number of rotatable bonds is 7. The van der Waals surface area contributed by atoms with Crippen molar-refractivity contribution >= 4 is 11.6 Å². The number of nitrogens with one attached hydrogen (secondary N) is 1. The number of aryl methyl sites for hydroxylation is 1. The molecule has 162 valence electrons. The fourth-order valence-corrected chi connectivity index (χ4v) is 4.11. The SMILES string of the molecule is Cc1nn(Cc2ccc(C(=O)NCC3CCCN(C(C)C)C3)cc2)c(C)c1[N+](=O)[O-]. The van der Waals surface area contributed by atoms with Crippen molar-refractivity contribution in [1.29, 1.82) is 0 Å². The van der Waals surface area contributed by atoms with Crippen molar-refractivity contribution in [2.24, 2.45) is 5.92 Å². The number of hydrogen-bond acceptors (Lipinski definition) is 5. The molecule has 0 radical (unpaired) electrons. The lowest BCUT2D eigenvalue weighted by atomic mass is 9.97. The Balaban J connectivity index is 1.57. The van der Waals surface area contributed by atoms with Crippen LogP contribution in [0.4, 0.5) is 5.69 Å². The minimum absolute atomic E-state index is 0.0599. The van der Waals surface area contributed by atoms with Crippen LogP contribution in [0.1, 0.15) is 54.0 Å². The van der Waals surface area contributed by atoms with Gasteiger partial charge in [-0.05, 0) is 70.7 Å². The second-order valence-electron chi connectivity index (χ2n) is 8.44. The second-order valence-corrected chi connectivity index (χ2v) is 8.44. The van der Waals surface area contributed by atoms with Gasteiger partial charge in [0, 0.05) is 24.7 Å². The van der Waals surface area contributed by atoms with Gasteiger partial charge in [0.2, 0.25) is 0 Å². The zero-order chi connectivity index (χ0) is 21.8. The summed E-state index contributed by atoms with van der Waals surface area (Å²) < 4.78 is 1.63. The fourth-order valence-electron chi connectivity index (χ4n) is 4.11. The third-order valence-corrected chi connectivity index (χ3v) is 5.91. The highest BCUT2D eigenvalue weighted by Crippen LogP contribution is 2.22. The van der Waals surface area contributed by atoms with E-state index in [0.717, 1.165) is 25.1 Å². The van der Waals surface area contributed by atoms with Crippen LogP contribution in [0.25, 0.3) is 0 Å². The molecule has 0 saturated carbocycles. The van der Waals surface area contributed by atoms with Crippen LogP contribution < -0.4 is 5.32 Å². The summed E-state index contributed by atoms with van der Waals surface area (Å²) in [6.07, 6.45) is 2.33. The van der Waals surface area contributed by atoms with Crippen molar-refractivity contribution in [3.8, 4) is 0 Å². The molecule has 2 heterocycles. The molecule has 30 heavy (non-hydrogen) atoms. The van der Waals surface area contributed by atoms with Gasteiger partial charge in [-0.2, -0.15) is 5.10 Å². The number of hydrogen-bond donors (Lipinski definition) is 1. The molecule has 2 aromatic rings. The van der Waals surface area contributed by atoms with E-state index in [1.807, 2.05) is 12.1 Å². The van der Waals surface area contributed by atoms with Gasteiger partial charge in [-0.25, -0.2) is 0 Å². The van der Waals surface area contributed by atoms with E-state index < -0.39 is 4.92 Å². The first kappa shape index (κ1) is 22.0. The Morgan fingerprint density at radius 1 is 1.30 bits per heavy atom. The Morgan fingerprint density at radius 2 is 2.00 bits per heavy atom. The molecule has 1 N–H and O–H groups in total. The molecule has 1 saturated heterocycles. The van der Waals surface area contributed by atoms with Gasteiger partial charge in [0.05, 0.1) is 11.5 Å². The summed E-state index contributed by atoms with van der Waals surface area (Å²) >= 11 is 0. The maximum Gasteiger partial charge on any atom is 0.312 e. The number of benzene rings is 1. The standard InChI is InChI=1S/C22H31N5O3/c1-15(2)25-11-5-6-19(13-25)12-23-22(28)20-9-7-18(8-10-20)14-26-17(4)21(27(29)30)16(3)24-26/h7-10,15,19H,5-6,11-14H2,1-4H3,(H,23,28). The number of carbonyl (C=O) groups is 1. The van der Waals surface area contributed by atoms with E-state index in [-0.39, 0.29) is 11.6 Å². The maximum atomic E-state index is 12.5. The summed E-state index contributed by atoms with van der Waals surface area (Å²) in [5.41, 5.74) is 2.56. The molecule has 8 nitrogen and oxygen atoms in total. The minimum atomic E-state index is -0.395. The molecule has 1 aromatic carbocycles. The van der Waals surface area contributed by atoms with E-state index in [0.29, 0.717) is 42.0 Å². The number of carbonyl (C=O) groups excluding carboxylic acids is 1. The van der Waals surface area contributed by atoms with Crippen molar-refractivity contribution in [3.63, 3.8) is 0 Å². The van der Waals surface area contributed by atoms with Crippen LogP contribution in [-0.4, -0.2) is 51.2 Å². The van der Waals surface area contributed by atoms with Gasteiger partial charge < -0.3 is 10.2 Å². The zero-order valence-corrected chi connectivity index (χ0v) is 18.2. The lowest BCUT2D eigenvalue weighted by molar-refractivity contribution is -0.386. The van der Waals surface area contributed by atoms with E-state index in [1.54, 1.807) is 30.7 Å². The third kappa shape index (κ3) is 5.05. The van der Waals surface area contributed by atoms with Gasteiger partial charge in [0.25, 0.3) is 5.91 Å². The van der Waals surface area contributed by atoms with Gasteiger partial charge in [0.1, 0.15) is 11.4 Å². The summed E-state index contributed by atoms with van der Waals surface area (Å²) in [6.45, 7) is 11.1. The topological polar surface area (TPSA) is 93.3 Å². The molecule has 1 amide bonds. The Bertz CT molecular complexity index is 904. The average Bonchev–Trinajstić information content (AvgIpc) is 3.00. The van der Waals surface area contributed by atoms with Crippen molar-refractivity contribution < 1.29 is 9.72 Å². The van der Waals surface area contributed by atoms with E-state index >= 15 is 0 Å². The first-order valence-corrected chi connectivity index (χ1v) is 10.6. The van der Waals surface area contributed by atoms with E-state index in [9.17, 15) is 14.9 Å². The lowest BCUT2D eigenvalue weighted by Gasteiger charge is -2.35. The van der Waals surface area contributed by atoms with Crippen LogP contribution in [0.3, 0.4) is 0 Å². The summed E-state index contributed by atoms with van der Waals surface area (Å²) in [7, 11) is 0. The number of nitrogens with zero attached hydrogens (tertiary/aromatic N) is 4. The predicted octanol–water partition coefficient (Wildman–Crippen LogP) is 3.31. The maximum absolute atomic E-state index is 12.5. The Labute approximate surface area is 177 Å². The number of amides is 1. The molecule has 1 aliphatic heterocycles. The van der Waals surface area contributed by atoms with E-state index in [2.05, 4.69) is 29.2 Å². The molecule has 1 aliphatic rings. The smallest absolute Gasteiger partial charge is 0.312 e. The van der Waals surface area contributed by atoms with Crippen molar-refractivity contribution in [2.75, 3.05) is 19.6 Å². The molecular weight excluding hydrogens is 382 g/mol. The monoisotopic (exact) mass is 413 g/mol. The Morgan fingerprint density at radius 3 is 2.60 bits per heavy atom. The van der Waals surface area contributed by atoms with Crippen molar-refractivity contribution in [1.82, 2.24) is 20.0 Å². The molecule has 1 unspecified atom stereocenters. The number of piperidine rings is 1. The zero-order valence-electron chi connectivity index (χ0n) is 18.2. The summed E-state index contributed by atoms with van der Waals surface area (Å²) in [5.74, 6) is 0.427.